The van der Waals surface area contributed by atoms with E-state index < -0.39 is 5.41 Å². The summed E-state index contributed by atoms with van der Waals surface area (Å²) in [5, 5.41) is 0. The highest BCUT2D eigenvalue weighted by Crippen LogP contribution is 2.42. The monoisotopic (exact) mass is 268 g/mol. The molecule has 0 aromatic heterocycles. The minimum absolute atomic E-state index is 0.212. The molecule has 0 aliphatic heterocycles. The third-order valence-corrected chi connectivity index (χ3v) is 4.54. The number of thiocarbonyl (C=S) groups is 1. The first kappa shape index (κ1) is 13.8. The van der Waals surface area contributed by atoms with E-state index in [-0.39, 0.29) is 5.91 Å². The summed E-state index contributed by atoms with van der Waals surface area (Å²) in [7, 11) is 0. The van der Waals surface area contributed by atoms with Gasteiger partial charge < -0.3 is 10.6 Å². The molecule has 2 N–H and O–H groups in total. The van der Waals surface area contributed by atoms with E-state index in [0.29, 0.717) is 16.9 Å². The lowest BCUT2D eigenvalue weighted by Gasteiger charge is -2.34. The molecule has 18 heavy (non-hydrogen) atoms. The molecule has 2 aliphatic rings. The number of nitrogens with zero attached hydrogens (tertiary/aromatic N) is 1. The van der Waals surface area contributed by atoms with Crippen molar-refractivity contribution in [1.82, 2.24) is 4.90 Å². The van der Waals surface area contributed by atoms with Crippen LogP contribution in [0, 0.1) is 11.3 Å². The van der Waals surface area contributed by atoms with Crippen LogP contribution in [-0.2, 0) is 4.79 Å². The van der Waals surface area contributed by atoms with Gasteiger partial charge in [0.1, 0.15) is 0 Å². The lowest BCUT2D eigenvalue weighted by molar-refractivity contribution is -0.139. The Hall–Kier alpha value is -0.640. The fourth-order valence-corrected chi connectivity index (χ4v) is 3.29. The van der Waals surface area contributed by atoms with Gasteiger partial charge in [-0.3, -0.25) is 4.79 Å². The number of nitrogens with two attached hydrogens (primary N) is 1. The second-order valence-corrected chi connectivity index (χ2v) is 6.68. The van der Waals surface area contributed by atoms with Gasteiger partial charge in [-0.15, -0.1) is 0 Å². The summed E-state index contributed by atoms with van der Waals surface area (Å²) in [6.07, 6.45) is 6.13. The highest BCUT2D eigenvalue weighted by molar-refractivity contribution is 7.80. The van der Waals surface area contributed by atoms with E-state index in [1.54, 1.807) is 0 Å². The van der Waals surface area contributed by atoms with Crippen molar-refractivity contribution in [3.63, 3.8) is 0 Å². The predicted molar refractivity (Wildman–Crippen MR) is 77.3 cm³/mol. The van der Waals surface area contributed by atoms with Gasteiger partial charge in [-0.2, -0.15) is 0 Å². The molecule has 0 heterocycles. The molecule has 1 amide bonds. The Bertz CT molecular complexity index is 344. The first-order valence-corrected chi connectivity index (χ1v) is 7.49. The highest BCUT2D eigenvalue weighted by Gasteiger charge is 2.48. The minimum Gasteiger partial charge on any atom is -0.392 e. The summed E-state index contributed by atoms with van der Waals surface area (Å²) in [6.45, 7) is 5.16. The van der Waals surface area contributed by atoms with Crippen molar-refractivity contribution in [3.8, 4) is 0 Å². The van der Waals surface area contributed by atoms with E-state index in [1.165, 1.54) is 0 Å². The van der Waals surface area contributed by atoms with Crippen LogP contribution >= 0.6 is 12.2 Å². The topological polar surface area (TPSA) is 46.3 Å². The van der Waals surface area contributed by atoms with E-state index in [1.807, 2.05) is 0 Å². The summed E-state index contributed by atoms with van der Waals surface area (Å²) in [4.78, 5) is 15.4. The third kappa shape index (κ3) is 2.53. The number of rotatable bonds is 5. The maximum Gasteiger partial charge on any atom is 0.235 e. The Morgan fingerprint density at radius 2 is 1.94 bits per heavy atom. The summed E-state index contributed by atoms with van der Waals surface area (Å²) in [5.74, 6) is 0.711. The van der Waals surface area contributed by atoms with Crippen LogP contribution in [0.5, 0.6) is 0 Å². The van der Waals surface area contributed by atoms with E-state index in [0.717, 1.165) is 45.1 Å². The molecular formula is C14H24N2OS. The maximum atomic E-state index is 12.9. The molecule has 0 atom stereocenters. The Morgan fingerprint density at radius 3 is 2.33 bits per heavy atom. The van der Waals surface area contributed by atoms with Crippen molar-refractivity contribution in [2.24, 2.45) is 17.1 Å². The lowest BCUT2D eigenvalue weighted by atomic mass is 9.84. The Labute approximate surface area is 115 Å². The molecule has 0 saturated heterocycles. The summed E-state index contributed by atoms with van der Waals surface area (Å²) in [6, 6.07) is 0.451. The van der Waals surface area contributed by atoms with Gasteiger partial charge in [-0.25, -0.2) is 0 Å². The summed E-state index contributed by atoms with van der Waals surface area (Å²) < 4.78 is 0. The number of carbonyl (C=O) groups is 1. The predicted octanol–water partition coefficient (Wildman–Crippen LogP) is 2.48. The molecular weight excluding hydrogens is 244 g/mol. The molecule has 3 nitrogen and oxygen atoms in total. The molecule has 2 fully saturated rings. The van der Waals surface area contributed by atoms with Crippen LogP contribution < -0.4 is 5.73 Å². The van der Waals surface area contributed by atoms with Crippen molar-refractivity contribution in [2.45, 2.75) is 58.4 Å². The molecule has 2 aliphatic carbocycles. The maximum absolute atomic E-state index is 12.9. The van der Waals surface area contributed by atoms with Gasteiger partial charge in [0.2, 0.25) is 5.91 Å². The van der Waals surface area contributed by atoms with E-state index in [9.17, 15) is 4.79 Å². The van der Waals surface area contributed by atoms with Crippen LogP contribution in [0.1, 0.15) is 52.4 Å². The van der Waals surface area contributed by atoms with Crippen molar-refractivity contribution in [1.29, 1.82) is 0 Å². The van der Waals surface area contributed by atoms with Crippen LogP contribution in [-0.4, -0.2) is 28.4 Å². The molecule has 0 unspecified atom stereocenters. The molecule has 0 spiro atoms. The first-order chi connectivity index (χ1) is 8.47. The number of hydrogen-bond donors (Lipinski definition) is 1. The van der Waals surface area contributed by atoms with Crippen molar-refractivity contribution in [2.75, 3.05) is 6.54 Å². The number of hydrogen-bond acceptors (Lipinski definition) is 2. The normalized spacial score (nSPS) is 22.2. The quantitative estimate of drug-likeness (QED) is 0.779. The summed E-state index contributed by atoms with van der Waals surface area (Å²) >= 11 is 5.21. The Morgan fingerprint density at radius 1 is 1.39 bits per heavy atom. The largest absolute Gasteiger partial charge is 0.392 e. The van der Waals surface area contributed by atoms with Gasteiger partial charge >= 0.3 is 0 Å². The van der Waals surface area contributed by atoms with Crippen molar-refractivity contribution < 1.29 is 4.79 Å². The molecule has 0 bridgehead atoms. The summed E-state index contributed by atoms with van der Waals surface area (Å²) in [5.41, 5.74) is 5.39. The van der Waals surface area contributed by atoms with Crippen LogP contribution in [0.15, 0.2) is 0 Å². The van der Waals surface area contributed by atoms with Crippen molar-refractivity contribution >= 4 is 23.1 Å². The third-order valence-electron chi connectivity index (χ3n) is 4.15. The van der Waals surface area contributed by atoms with Gasteiger partial charge in [0.25, 0.3) is 0 Å². The standard InChI is InChI=1S/C14H24N2OS/c1-10(2)9-16(11-5-6-11)13(17)14(12(15)18)7-3-4-8-14/h10-11H,3-9H2,1-2H3,(H2,15,18). The number of amides is 1. The van der Waals surface area contributed by atoms with Gasteiger partial charge in [0, 0.05) is 12.6 Å². The van der Waals surface area contributed by atoms with Gasteiger partial charge in [-0.1, -0.05) is 38.9 Å². The fraction of sp³-hybridized carbons (Fsp3) is 0.857. The molecule has 2 saturated carbocycles. The molecule has 2 rings (SSSR count). The van der Waals surface area contributed by atoms with Crippen LogP contribution in [0.25, 0.3) is 0 Å². The van der Waals surface area contributed by atoms with E-state index >= 15 is 0 Å². The average molecular weight is 268 g/mol. The van der Waals surface area contributed by atoms with Crippen LogP contribution in [0.4, 0.5) is 0 Å². The second kappa shape index (κ2) is 5.16. The zero-order valence-corrected chi connectivity index (χ0v) is 12.3. The fourth-order valence-electron chi connectivity index (χ4n) is 3.00. The lowest BCUT2D eigenvalue weighted by Crippen LogP contribution is -2.50. The van der Waals surface area contributed by atoms with E-state index in [4.69, 9.17) is 18.0 Å². The zero-order chi connectivity index (χ0) is 13.3. The zero-order valence-electron chi connectivity index (χ0n) is 11.4. The molecule has 0 aromatic rings. The minimum atomic E-state index is -0.521. The van der Waals surface area contributed by atoms with Gasteiger partial charge in [0.05, 0.1) is 10.4 Å². The van der Waals surface area contributed by atoms with Gasteiger partial charge in [-0.05, 0) is 31.6 Å². The van der Waals surface area contributed by atoms with Gasteiger partial charge in [0.15, 0.2) is 0 Å². The highest BCUT2D eigenvalue weighted by atomic mass is 32.1. The SMILES string of the molecule is CC(C)CN(C(=O)C1(C(N)=S)CCCC1)C1CC1. The molecule has 4 heteroatoms. The van der Waals surface area contributed by atoms with E-state index in [2.05, 4.69) is 18.7 Å². The molecule has 102 valence electrons. The molecule has 0 aromatic carbocycles. The Kier molecular flexibility index (Phi) is 3.95. The second-order valence-electron chi connectivity index (χ2n) is 6.24. The molecule has 0 radical (unpaired) electrons. The smallest absolute Gasteiger partial charge is 0.235 e. The number of carbonyl (C=O) groups excluding carboxylic acids is 1. The first-order valence-electron chi connectivity index (χ1n) is 7.08. The average Bonchev–Trinajstić information content (AvgIpc) is 3.01. The Balaban J connectivity index is 2.18. The van der Waals surface area contributed by atoms with Crippen LogP contribution in [0.3, 0.4) is 0 Å². The van der Waals surface area contributed by atoms with Crippen molar-refractivity contribution in [3.05, 3.63) is 0 Å². The van der Waals surface area contributed by atoms with Crippen LogP contribution in [0.2, 0.25) is 0 Å².